The number of hydrogen-bond donors (Lipinski definition) is 0. The van der Waals surface area contributed by atoms with Crippen LogP contribution in [0.2, 0.25) is 15.1 Å². The molecule has 0 bridgehead atoms. The smallest absolute Gasteiger partial charge is 0.437 e. The molecule has 0 aliphatic carbocycles. The molecule has 0 saturated carbocycles. The lowest BCUT2D eigenvalue weighted by Gasteiger charge is -2.13. The van der Waals surface area contributed by atoms with Crippen molar-refractivity contribution in [1.29, 1.82) is 0 Å². The van der Waals surface area contributed by atoms with E-state index in [1.165, 1.54) is 36.4 Å². The number of fused-ring (bicyclic) bond motifs is 1. The second-order valence-electron chi connectivity index (χ2n) is 4.69. The molecule has 0 N–H and O–H groups in total. The topological polar surface area (TPSA) is 35.0 Å². The predicted octanol–water partition coefficient (Wildman–Crippen LogP) is 6.40. The molecule has 24 heavy (non-hydrogen) atoms. The highest BCUT2D eigenvalue weighted by atomic mass is 35.5. The van der Waals surface area contributed by atoms with Crippen molar-refractivity contribution in [3.05, 3.63) is 57.2 Å². The van der Waals surface area contributed by atoms with Crippen LogP contribution in [-0.4, -0.2) is 9.97 Å². The summed E-state index contributed by atoms with van der Waals surface area (Å²) in [5.74, 6) is -0.547. The van der Waals surface area contributed by atoms with Gasteiger partial charge in [-0.25, -0.2) is 9.97 Å². The monoisotopic (exact) mass is 392 g/mol. The van der Waals surface area contributed by atoms with Crippen LogP contribution in [0.1, 0.15) is 5.69 Å². The number of rotatable bonds is 2. The molecule has 1 heterocycles. The molecular weight excluding hydrogens is 388 g/mol. The molecule has 124 valence electrons. The van der Waals surface area contributed by atoms with Crippen LogP contribution >= 0.6 is 34.8 Å². The van der Waals surface area contributed by atoms with E-state index in [2.05, 4.69) is 9.97 Å². The van der Waals surface area contributed by atoms with Crippen LogP contribution in [0.4, 0.5) is 13.2 Å². The molecule has 1 aromatic heterocycles. The van der Waals surface area contributed by atoms with Gasteiger partial charge in [-0.05, 0) is 36.4 Å². The first kappa shape index (κ1) is 17.1. The van der Waals surface area contributed by atoms with Crippen molar-refractivity contribution in [1.82, 2.24) is 9.97 Å². The first-order valence-corrected chi connectivity index (χ1v) is 7.55. The van der Waals surface area contributed by atoms with Gasteiger partial charge in [0.1, 0.15) is 5.75 Å². The number of alkyl halides is 3. The normalized spacial score (nSPS) is 11.8. The third-order valence-electron chi connectivity index (χ3n) is 2.97. The average Bonchev–Trinajstić information content (AvgIpc) is 2.49. The van der Waals surface area contributed by atoms with Crippen molar-refractivity contribution in [3.8, 4) is 11.6 Å². The quantitative estimate of drug-likeness (QED) is 0.505. The van der Waals surface area contributed by atoms with Crippen LogP contribution in [0.3, 0.4) is 0 Å². The van der Waals surface area contributed by atoms with E-state index in [1.54, 1.807) is 0 Å². The van der Waals surface area contributed by atoms with E-state index in [-0.39, 0.29) is 26.8 Å². The van der Waals surface area contributed by atoms with Crippen molar-refractivity contribution in [2.24, 2.45) is 0 Å². The zero-order valence-corrected chi connectivity index (χ0v) is 13.8. The highest BCUT2D eigenvalue weighted by molar-refractivity contribution is 6.42. The van der Waals surface area contributed by atoms with Crippen LogP contribution in [0.5, 0.6) is 11.6 Å². The number of benzene rings is 2. The molecule has 0 aliphatic heterocycles. The fraction of sp³-hybridized carbons (Fsp3) is 0.0667. The summed E-state index contributed by atoms with van der Waals surface area (Å²) in [5, 5.41) is 0.651. The second-order valence-corrected chi connectivity index (χ2v) is 5.94. The van der Waals surface area contributed by atoms with Crippen LogP contribution in [-0.2, 0) is 6.18 Å². The Bertz CT molecular complexity index is 914. The van der Waals surface area contributed by atoms with Gasteiger partial charge in [0.05, 0.1) is 21.1 Å². The summed E-state index contributed by atoms with van der Waals surface area (Å²) in [6, 6.07) is 8.34. The molecule has 3 rings (SSSR count). The van der Waals surface area contributed by atoms with Gasteiger partial charge in [0.25, 0.3) is 5.88 Å². The molecule has 0 fully saturated rings. The van der Waals surface area contributed by atoms with E-state index in [9.17, 15) is 13.2 Å². The van der Waals surface area contributed by atoms with Gasteiger partial charge in [-0.3, -0.25) is 0 Å². The Kier molecular flexibility index (Phi) is 4.46. The number of aromatic nitrogens is 2. The van der Waals surface area contributed by atoms with Gasteiger partial charge < -0.3 is 4.74 Å². The molecule has 0 aliphatic rings. The Hall–Kier alpha value is -1.76. The Labute approximate surface area is 148 Å². The fourth-order valence-electron chi connectivity index (χ4n) is 1.91. The number of nitrogens with zero attached hydrogens (tertiary/aromatic N) is 2. The molecule has 9 heteroatoms. The first-order chi connectivity index (χ1) is 11.2. The average molecular weight is 394 g/mol. The zero-order valence-electron chi connectivity index (χ0n) is 11.5. The van der Waals surface area contributed by atoms with Crippen LogP contribution in [0, 0.1) is 0 Å². The fourth-order valence-corrected chi connectivity index (χ4v) is 2.35. The standard InChI is InChI=1S/C15H6Cl3F3N2O/c16-7-1-3-8(4-2-7)24-14-13(15(19,20)21)22-11-5-9(17)10(18)6-12(11)23-14/h1-6H. The third-order valence-corrected chi connectivity index (χ3v) is 3.95. The summed E-state index contributed by atoms with van der Waals surface area (Å²) in [7, 11) is 0. The molecule has 0 amide bonds. The SMILES string of the molecule is FC(F)(F)c1nc2cc(Cl)c(Cl)cc2nc1Oc1ccc(Cl)cc1. The van der Waals surface area contributed by atoms with Crippen LogP contribution < -0.4 is 4.74 Å². The van der Waals surface area contributed by atoms with Gasteiger partial charge in [-0.1, -0.05) is 34.8 Å². The molecule has 0 unspecified atom stereocenters. The lowest BCUT2D eigenvalue weighted by molar-refractivity contribution is -0.142. The van der Waals surface area contributed by atoms with Crippen LogP contribution in [0.15, 0.2) is 36.4 Å². The zero-order chi connectivity index (χ0) is 17.5. The Morgan fingerprint density at radius 3 is 1.92 bits per heavy atom. The van der Waals surface area contributed by atoms with E-state index in [4.69, 9.17) is 39.5 Å². The number of ether oxygens (including phenoxy) is 1. The molecular formula is C15H6Cl3F3N2O. The summed E-state index contributed by atoms with van der Waals surface area (Å²) < 4.78 is 45.0. The second kappa shape index (κ2) is 6.27. The van der Waals surface area contributed by atoms with E-state index < -0.39 is 17.8 Å². The number of halogens is 6. The van der Waals surface area contributed by atoms with Gasteiger partial charge in [0.2, 0.25) is 5.69 Å². The predicted molar refractivity (Wildman–Crippen MR) is 86.1 cm³/mol. The van der Waals surface area contributed by atoms with Crippen molar-refractivity contribution in [2.75, 3.05) is 0 Å². The molecule has 0 atom stereocenters. The van der Waals surface area contributed by atoms with Crippen molar-refractivity contribution < 1.29 is 17.9 Å². The summed E-state index contributed by atoms with van der Waals surface area (Å²) >= 11 is 17.4. The Balaban J connectivity index is 2.16. The van der Waals surface area contributed by atoms with Gasteiger partial charge in [-0.2, -0.15) is 13.2 Å². The molecule has 0 radical (unpaired) electrons. The van der Waals surface area contributed by atoms with Crippen LogP contribution in [0.25, 0.3) is 11.0 Å². The van der Waals surface area contributed by atoms with Gasteiger partial charge in [-0.15, -0.1) is 0 Å². The van der Waals surface area contributed by atoms with Gasteiger partial charge in [0.15, 0.2) is 0 Å². The number of hydrogen-bond acceptors (Lipinski definition) is 3. The minimum atomic E-state index is -4.75. The molecule has 3 aromatic rings. The highest BCUT2D eigenvalue weighted by Crippen LogP contribution is 2.38. The highest BCUT2D eigenvalue weighted by Gasteiger charge is 2.38. The summed E-state index contributed by atoms with van der Waals surface area (Å²) in [6.07, 6.45) is -4.75. The minimum Gasteiger partial charge on any atom is -0.437 e. The van der Waals surface area contributed by atoms with Gasteiger partial charge in [0, 0.05) is 5.02 Å². The first-order valence-electron chi connectivity index (χ1n) is 6.41. The van der Waals surface area contributed by atoms with E-state index in [0.29, 0.717) is 5.02 Å². The summed E-state index contributed by atoms with van der Waals surface area (Å²) in [4.78, 5) is 7.46. The van der Waals surface area contributed by atoms with Crippen molar-refractivity contribution >= 4 is 45.8 Å². The summed E-state index contributed by atoms with van der Waals surface area (Å²) in [6.45, 7) is 0. The largest absolute Gasteiger partial charge is 0.438 e. The lowest BCUT2D eigenvalue weighted by atomic mass is 10.2. The molecule has 0 saturated heterocycles. The van der Waals surface area contributed by atoms with Crippen molar-refractivity contribution in [3.63, 3.8) is 0 Å². The van der Waals surface area contributed by atoms with E-state index in [1.807, 2.05) is 0 Å². The minimum absolute atomic E-state index is 0.0415. The maximum atomic E-state index is 13.3. The maximum Gasteiger partial charge on any atom is 0.438 e. The molecule has 0 spiro atoms. The van der Waals surface area contributed by atoms with E-state index in [0.717, 1.165) is 0 Å². The third kappa shape index (κ3) is 3.50. The summed E-state index contributed by atoms with van der Waals surface area (Å²) in [5.41, 5.74) is -1.18. The van der Waals surface area contributed by atoms with Crippen molar-refractivity contribution in [2.45, 2.75) is 6.18 Å². The molecule has 3 nitrogen and oxygen atoms in total. The Morgan fingerprint density at radius 1 is 0.833 bits per heavy atom. The molecule has 2 aromatic carbocycles. The van der Waals surface area contributed by atoms with E-state index >= 15 is 0 Å². The Morgan fingerprint density at radius 2 is 1.38 bits per heavy atom. The van der Waals surface area contributed by atoms with Gasteiger partial charge >= 0.3 is 6.18 Å². The lowest BCUT2D eigenvalue weighted by Crippen LogP contribution is -2.11. The maximum absolute atomic E-state index is 13.3.